The zero-order chi connectivity index (χ0) is 33.7. The normalized spacial score (nSPS) is 11.5. The Hall–Kier alpha value is -6.91. The monoisotopic (exact) mass is 653 g/mol. The summed E-state index contributed by atoms with van der Waals surface area (Å²) in [7, 11) is 0. The van der Waals surface area contributed by atoms with Gasteiger partial charge in [-0.2, -0.15) is 0 Å². The lowest BCUT2D eigenvalue weighted by molar-refractivity contribution is 0.623. The Kier molecular flexibility index (Phi) is 6.78. The molecule has 0 bridgehead atoms. The molecular weight excluding hydrogens is 623 g/mol. The molecule has 240 valence electrons. The van der Waals surface area contributed by atoms with Crippen LogP contribution in [0.15, 0.2) is 192 Å². The van der Waals surface area contributed by atoms with E-state index in [0.717, 1.165) is 61.3 Å². The standard InChI is InChI=1S/C47H31N3O/c1-4-14-32(15-5-1)33-24-26-37(27-25-33)49(38-28-29-41-40-22-12-13-23-42(40)50(43(41)31-38)36-19-8-3-9-20-36)44-30-35-18-10-11-21-39(35)46-45(44)48-47(51-46)34-16-6-2-7-17-34/h1-31H. The van der Waals surface area contributed by atoms with Gasteiger partial charge < -0.3 is 13.9 Å². The smallest absolute Gasteiger partial charge is 0.227 e. The quantitative estimate of drug-likeness (QED) is 0.179. The number of para-hydroxylation sites is 2. The molecule has 4 nitrogen and oxygen atoms in total. The third-order valence-corrected chi connectivity index (χ3v) is 9.79. The van der Waals surface area contributed by atoms with E-state index in [1.54, 1.807) is 0 Å². The Labute approximate surface area is 295 Å². The lowest BCUT2D eigenvalue weighted by atomic mass is 10.0. The van der Waals surface area contributed by atoms with E-state index >= 15 is 0 Å². The van der Waals surface area contributed by atoms with Gasteiger partial charge in [-0.05, 0) is 77.2 Å². The van der Waals surface area contributed by atoms with E-state index in [1.807, 2.05) is 30.3 Å². The van der Waals surface area contributed by atoms with Gasteiger partial charge in [0.15, 0.2) is 5.58 Å². The second kappa shape index (κ2) is 11.9. The molecule has 4 heteroatoms. The van der Waals surface area contributed by atoms with Gasteiger partial charge in [-0.1, -0.05) is 127 Å². The molecule has 0 aliphatic rings. The van der Waals surface area contributed by atoms with Crippen molar-refractivity contribution < 1.29 is 4.42 Å². The van der Waals surface area contributed by atoms with E-state index < -0.39 is 0 Å². The van der Waals surface area contributed by atoms with E-state index in [0.29, 0.717) is 5.89 Å². The molecule has 10 aromatic rings. The van der Waals surface area contributed by atoms with Gasteiger partial charge >= 0.3 is 0 Å². The van der Waals surface area contributed by atoms with Crippen LogP contribution >= 0.6 is 0 Å². The molecule has 2 aromatic heterocycles. The molecule has 0 saturated heterocycles. The van der Waals surface area contributed by atoms with Gasteiger partial charge in [0.05, 0.1) is 16.7 Å². The molecule has 0 aliphatic carbocycles. The third-order valence-electron chi connectivity index (χ3n) is 9.79. The van der Waals surface area contributed by atoms with Crippen LogP contribution < -0.4 is 4.90 Å². The van der Waals surface area contributed by atoms with E-state index in [2.05, 4.69) is 167 Å². The van der Waals surface area contributed by atoms with Crippen molar-refractivity contribution in [3.63, 3.8) is 0 Å². The van der Waals surface area contributed by atoms with E-state index in [1.165, 1.54) is 21.9 Å². The van der Waals surface area contributed by atoms with Crippen LogP contribution in [0.1, 0.15) is 0 Å². The van der Waals surface area contributed by atoms with Crippen molar-refractivity contribution in [2.24, 2.45) is 0 Å². The highest BCUT2D eigenvalue weighted by Crippen LogP contribution is 2.45. The van der Waals surface area contributed by atoms with Gasteiger partial charge in [0.2, 0.25) is 5.89 Å². The minimum absolute atomic E-state index is 0.599. The molecule has 0 atom stereocenters. The molecule has 0 spiro atoms. The zero-order valence-corrected chi connectivity index (χ0v) is 27.6. The van der Waals surface area contributed by atoms with Gasteiger partial charge in [-0.15, -0.1) is 0 Å². The summed E-state index contributed by atoms with van der Waals surface area (Å²) in [5, 5.41) is 4.54. The highest BCUT2D eigenvalue weighted by molar-refractivity contribution is 6.13. The van der Waals surface area contributed by atoms with Crippen LogP contribution in [0.3, 0.4) is 0 Å². The lowest BCUT2D eigenvalue weighted by Crippen LogP contribution is -2.11. The summed E-state index contributed by atoms with van der Waals surface area (Å²) >= 11 is 0. The number of aromatic nitrogens is 2. The topological polar surface area (TPSA) is 34.2 Å². The third kappa shape index (κ3) is 4.88. The number of fused-ring (bicyclic) bond motifs is 6. The van der Waals surface area contributed by atoms with Gasteiger partial charge in [0.1, 0.15) is 5.52 Å². The zero-order valence-electron chi connectivity index (χ0n) is 27.6. The van der Waals surface area contributed by atoms with Crippen LogP contribution in [-0.2, 0) is 0 Å². The van der Waals surface area contributed by atoms with Crippen LogP contribution in [0.2, 0.25) is 0 Å². The first-order chi connectivity index (χ1) is 25.3. The number of rotatable bonds is 6. The van der Waals surface area contributed by atoms with Crippen molar-refractivity contribution in [3.8, 4) is 28.3 Å². The average molecular weight is 654 g/mol. The maximum Gasteiger partial charge on any atom is 0.227 e. The summed E-state index contributed by atoms with van der Waals surface area (Å²) in [6, 6.07) is 66.2. The highest BCUT2D eigenvalue weighted by Gasteiger charge is 2.23. The van der Waals surface area contributed by atoms with Crippen LogP contribution in [0, 0.1) is 0 Å². The van der Waals surface area contributed by atoms with Crippen molar-refractivity contribution in [3.05, 3.63) is 188 Å². The first-order valence-electron chi connectivity index (χ1n) is 17.2. The number of benzene rings is 8. The Morgan fingerprint density at radius 3 is 1.80 bits per heavy atom. The molecule has 0 amide bonds. The molecule has 0 radical (unpaired) electrons. The second-order valence-corrected chi connectivity index (χ2v) is 12.8. The average Bonchev–Trinajstić information content (AvgIpc) is 3.80. The van der Waals surface area contributed by atoms with E-state index in [-0.39, 0.29) is 0 Å². The van der Waals surface area contributed by atoms with Crippen molar-refractivity contribution in [2.45, 2.75) is 0 Å². The van der Waals surface area contributed by atoms with Crippen LogP contribution in [-0.4, -0.2) is 9.55 Å². The number of hydrogen-bond donors (Lipinski definition) is 0. The molecule has 0 unspecified atom stereocenters. The highest BCUT2D eigenvalue weighted by atomic mass is 16.3. The molecule has 51 heavy (non-hydrogen) atoms. The van der Waals surface area contributed by atoms with Crippen LogP contribution in [0.5, 0.6) is 0 Å². The molecule has 10 rings (SSSR count). The van der Waals surface area contributed by atoms with Gasteiger partial charge in [0.25, 0.3) is 0 Å². The Bertz CT molecular complexity index is 2840. The van der Waals surface area contributed by atoms with Crippen molar-refractivity contribution >= 4 is 60.7 Å². The first-order valence-corrected chi connectivity index (χ1v) is 17.2. The molecular formula is C47H31N3O. The molecule has 2 heterocycles. The Balaban J connectivity index is 1.26. The lowest BCUT2D eigenvalue weighted by Gasteiger charge is -2.26. The minimum atomic E-state index is 0.599. The molecule has 8 aromatic carbocycles. The van der Waals surface area contributed by atoms with Gasteiger partial charge in [-0.25, -0.2) is 4.98 Å². The Morgan fingerprint density at radius 1 is 0.451 bits per heavy atom. The fourth-order valence-corrected chi connectivity index (χ4v) is 7.41. The number of oxazole rings is 1. The molecule has 0 aliphatic heterocycles. The number of anilines is 3. The van der Waals surface area contributed by atoms with Gasteiger partial charge in [-0.3, -0.25) is 0 Å². The summed E-state index contributed by atoms with van der Waals surface area (Å²) in [6.45, 7) is 0. The fraction of sp³-hybridized carbons (Fsp3) is 0. The van der Waals surface area contributed by atoms with Crippen molar-refractivity contribution in [1.82, 2.24) is 9.55 Å². The van der Waals surface area contributed by atoms with Crippen molar-refractivity contribution in [1.29, 1.82) is 0 Å². The SMILES string of the molecule is c1ccc(-c2ccc(N(c3ccc4c5ccccc5n(-c5ccccc5)c4c3)c3cc4ccccc4c4oc(-c5ccccc5)nc34)cc2)cc1. The fourth-order valence-electron chi connectivity index (χ4n) is 7.41. The number of nitrogens with zero attached hydrogens (tertiary/aromatic N) is 3. The molecule has 0 fully saturated rings. The van der Waals surface area contributed by atoms with E-state index in [4.69, 9.17) is 9.40 Å². The Morgan fingerprint density at radius 2 is 1.04 bits per heavy atom. The van der Waals surface area contributed by atoms with E-state index in [9.17, 15) is 0 Å². The predicted molar refractivity (Wildman–Crippen MR) is 211 cm³/mol. The maximum absolute atomic E-state index is 6.65. The summed E-state index contributed by atoms with van der Waals surface area (Å²) in [5.74, 6) is 0.599. The second-order valence-electron chi connectivity index (χ2n) is 12.8. The van der Waals surface area contributed by atoms with Crippen molar-refractivity contribution in [2.75, 3.05) is 4.90 Å². The largest absolute Gasteiger partial charge is 0.435 e. The predicted octanol–water partition coefficient (Wildman–Crippen LogP) is 12.9. The maximum atomic E-state index is 6.65. The first kappa shape index (κ1) is 29.0. The molecule has 0 saturated carbocycles. The van der Waals surface area contributed by atoms with Gasteiger partial charge in [0, 0.05) is 38.8 Å². The summed E-state index contributed by atoms with van der Waals surface area (Å²) < 4.78 is 9.02. The molecule has 0 N–H and O–H groups in total. The summed E-state index contributed by atoms with van der Waals surface area (Å²) in [6.07, 6.45) is 0. The summed E-state index contributed by atoms with van der Waals surface area (Å²) in [4.78, 5) is 7.55. The van der Waals surface area contributed by atoms with Crippen LogP contribution in [0.4, 0.5) is 17.1 Å². The number of hydrogen-bond acceptors (Lipinski definition) is 3. The van der Waals surface area contributed by atoms with Crippen LogP contribution in [0.25, 0.3) is 71.9 Å². The minimum Gasteiger partial charge on any atom is -0.435 e. The summed E-state index contributed by atoms with van der Waals surface area (Å²) in [5.41, 5.74) is 11.3.